The van der Waals surface area contributed by atoms with Gasteiger partial charge in [-0.3, -0.25) is 14.8 Å². The van der Waals surface area contributed by atoms with Gasteiger partial charge in [-0.05, 0) is 18.2 Å². The van der Waals surface area contributed by atoms with Crippen molar-refractivity contribution in [1.29, 1.82) is 0 Å². The first kappa shape index (κ1) is 17.3. The summed E-state index contributed by atoms with van der Waals surface area (Å²) in [4.78, 5) is 26.1. The number of hydrogen-bond acceptors (Lipinski definition) is 6. The highest BCUT2D eigenvalue weighted by molar-refractivity contribution is 6.04. The van der Waals surface area contributed by atoms with E-state index in [-0.39, 0.29) is 23.4 Å². The van der Waals surface area contributed by atoms with E-state index in [1.807, 2.05) is 25.1 Å². The molecule has 0 atom stereocenters. The maximum atomic E-state index is 13.2. The number of carbonyl (C=O) groups excluding carboxylic acids is 1. The Bertz CT molecular complexity index is 933. The highest BCUT2D eigenvalue weighted by atomic mass is 19.1. The van der Waals surface area contributed by atoms with Crippen molar-refractivity contribution in [3.8, 4) is 11.6 Å². The molecule has 1 amide bonds. The molecule has 2 aromatic heterocycles. The second-order valence-corrected chi connectivity index (χ2v) is 5.58. The van der Waals surface area contributed by atoms with Crippen molar-refractivity contribution in [1.82, 2.24) is 15.0 Å². The molecule has 0 saturated heterocycles. The average Bonchev–Trinajstić information content (AvgIpc) is 2.62. The quantitative estimate of drug-likeness (QED) is 0.759. The number of anilines is 2. The number of nitrogens with zero attached hydrogens (tertiary/aromatic N) is 4. The Hall–Kier alpha value is -3.55. The van der Waals surface area contributed by atoms with Crippen molar-refractivity contribution in [2.75, 3.05) is 24.3 Å². The van der Waals surface area contributed by atoms with Crippen LogP contribution in [0.2, 0.25) is 0 Å². The maximum Gasteiger partial charge on any atom is 0.256 e. The Morgan fingerprint density at radius 3 is 2.69 bits per heavy atom. The minimum Gasteiger partial charge on any atom is -0.436 e. The van der Waals surface area contributed by atoms with Gasteiger partial charge in [0.15, 0.2) is 11.6 Å². The van der Waals surface area contributed by atoms with Gasteiger partial charge in [0.05, 0.1) is 24.8 Å². The van der Waals surface area contributed by atoms with Gasteiger partial charge in [-0.2, -0.15) is 4.98 Å². The highest BCUT2D eigenvalue weighted by Gasteiger charge is 2.10. The Kier molecular flexibility index (Phi) is 5.02. The molecule has 132 valence electrons. The molecule has 8 heteroatoms. The van der Waals surface area contributed by atoms with E-state index in [0.717, 1.165) is 11.9 Å². The number of halogens is 1. The van der Waals surface area contributed by atoms with Gasteiger partial charge >= 0.3 is 0 Å². The number of rotatable bonds is 5. The molecular weight excluding hydrogens is 337 g/mol. The summed E-state index contributed by atoms with van der Waals surface area (Å²) in [6, 6.07) is 8.34. The summed E-state index contributed by atoms with van der Waals surface area (Å²) in [6.45, 7) is 0. The van der Waals surface area contributed by atoms with E-state index < -0.39 is 5.82 Å². The number of pyridine rings is 1. The summed E-state index contributed by atoms with van der Waals surface area (Å²) in [6.07, 6.45) is 5.16. The smallest absolute Gasteiger partial charge is 0.256 e. The Labute approximate surface area is 149 Å². The van der Waals surface area contributed by atoms with Gasteiger partial charge in [0, 0.05) is 31.4 Å². The first-order valence-electron chi connectivity index (χ1n) is 7.70. The number of carbonyl (C=O) groups is 1. The van der Waals surface area contributed by atoms with Crippen molar-refractivity contribution in [3.05, 3.63) is 66.5 Å². The minimum absolute atomic E-state index is 0.109. The van der Waals surface area contributed by atoms with Crippen LogP contribution in [0, 0.1) is 5.82 Å². The van der Waals surface area contributed by atoms with Crippen LogP contribution in [0.15, 0.2) is 55.1 Å². The number of nitrogens with one attached hydrogen (secondary N) is 1. The van der Waals surface area contributed by atoms with E-state index in [2.05, 4.69) is 20.3 Å². The van der Waals surface area contributed by atoms with E-state index >= 15 is 0 Å². The molecule has 1 aromatic carbocycles. The second kappa shape index (κ2) is 7.56. The third-order valence-corrected chi connectivity index (χ3v) is 3.38. The first-order valence-corrected chi connectivity index (χ1v) is 7.70. The monoisotopic (exact) mass is 353 g/mol. The zero-order valence-corrected chi connectivity index (χ0v) is 14.2. The van der Waals surface area contributed by atoms with Gasteiger partial charge < -0.3 is 15.0 Å². The van der Waals surface area contributed by atoms with E-state index in [9.17, 15) is 9.18 Å². The van der Waals surface area contributed by atoms with Crippen molar-refractivity contribution < 1.29 is 13.9 Å². The van der Waals surface area contributed by atoms with Gasteiger partial charge in [-0.25, -0.2) is 4.39 Å². The van der Waals surface area contributed by atoms with Crippen LogP contribution in [0.4, 0.5) is 15.9 Å². The van der Waals surface area contributed by atoms with Crippen LogP contribution in [0.5, 0.6) is 11.6 Å². The number of hydrogen-bond donors (Lipinski definition) is 1. The molecule has 3 aromatic rings. The van der Waals surface area contributed by atoms with Crippen LogP contribution in [0.3, 0.4) is 0 Å². The highest BCUT2D eigenvalue weighted by Crippen LogP contribution is 2.20. The molecule has 0 spiro atoms. The van der Waals surface area contributed by atoms with Crippen molar-refractivity contribution in [3.63, 3.8) is 0 Å². The van der Waals surface area contributed by atoms with Gasteiger partial charge in [0.1, 0.15) is 5.82 Å². The SMILES string of the molecule is CN(C)c1cccc(C(=O)Nc2cncc(Oc3cncc(F)c3)n2)c1. The lowest BCUT2D eigenvalue weighted by Gasteiger charge is -2.13. The Morgan fingerprint density at radius 2 is 1.92 bits per heavy atom. The van der Waals surface area contributed by atoms with Crippen LogP contribution < -0.4 is 15.0 Å². The molecule has 0 radical (unpaired) electrons. The molecule has 0 unspecified atom stereocenters. The normalized spacial score (nSPS) is 10.3. The molecule has 7 nitrogen and oxygen atoms in total. The second-order valence-electron chi connectivity index (χ2n) is 5.58. The summed E-state index contributed by atoms with van der Waals surface area (Å²) in [5.74, 6) is -0.348. The zero-order valence-electron chi connectivity index (χ0n) is 14.2. The van der Waals surface area contributed by atoms with Gasteiger partial charge in [-0.15, -0.1) is 0 Å². The van der Waals surface area contributed by atoms with E-state index in [1.165, 1.54) is 24.7 Å². The number of ether oxygens (including phenoxy) is 1. The summed E-state index contributed by atoms with van der Waals surface area (Å²) in [7, 11) is 3.79. The molecule has 2 heterocycles. The van der Waals surface area contributed by atoms with Crippen LogP contribution in [-0.4, -0.2) is 35.0 Å². The molecule has 1 N–H and O–H groups in total. The first-order chi connectivity index (χ1) is 12.5. The number of benzene rings is 1. The lowest BCUT2D eigenvalue weighted by atomic mass is 10.2. The van der Waals surface area contributed by atoms with E-state index in [1.54, 1.807) is 18.2 Å². The lowest BCUT2D eigenvalue weighted by molar-refractivity contribution is 0.102. The van der Waals surface area contributed by atoms with E-state index in [4.69, 9.17) is 4.74 Å². The number of amides is 1. The molecular formula is C18H16FN5O2. The van der Waals surface area contributed by atoms with Crippen LogP contribution in [0.25, 0.3) is 0 Å². The fraction of sp³-hybridized carbons (Fsp3) is 0.111. The summed E-state index contributed by atoms with van der Waals surface area (Å²) < 4.78 is 18.6. The molecule has 0 aliphatic heterocycles. The average molecular weight is 353 g/mol. The predicted molar refractivity (Wildman–Crippen MR) is 95.0 cm³/mol. The molecule has 0 aliphatic carbocycles. The molecule has 0 aliphatic rings. The zero-order chi connectivity index (χ0) is 18.5. The molecule has 0 bridgehead atoms. The fourth-order valence-corrected chi connectivity index (χ4v) is 2.14. The summed E-state index contributed by atoms with van der Waals surface area (Å²) in [5.41, 5.74) is 1.39. The topological polar surface area (TPSA) is 80.2 Å². The fourth-order valence-electron chi connectivity index (χ4n) is 2.14. The van der Waals surface area contributed by atoms with Crippen LogP contribution in [0.1, 0.15) is 10.4 Å². The molecule has 0 fully saturated rings. The summed E-state index contributed by atoms with van der Waals surface area (Å²) >= 11 is 0. The molecule has 3 rings (SSSR count). The summed E-state index contributed by atoms with van der Waals surface area (Å²) in [5, 5.41) is 2.66. The lowest BCUT2D eigenvalue weighted by Crippen LogP contribution is -2.15. The van der Waals surface area contributed by atoms with Crippen LogP contribution in [-0.2, 0) is 0 Å². The van der Waals surface area contributed by atoms with Crippen molar-refractivity contribution >= 4 is 17.4 Å². The van der Waals surface area contributed by atoms with Crippen molar-refractivity contribution in [2.45, 2.75) is 0 Å². The van der Waals surface area contributed by atoms with Gasteiger partial charge in [-0.1, -0.05) is 6.07 Å². The van der Waals surface area contributed by atoms with Gasteiger partial charge in [0.25, 0.3) is 5.91 Å². The third-order valence-electron chi connectivity index (χ3n) is 3.38. The van der Waals surface area contributed by atoms with Gasteiger partial charge in [0.2, 0.25) is 5.88 Å². The van der Waals surface area contributed by atoms with Crippen molar-refractivity contribution in [2.24, 2.45) is 0 Å². The predicted octanol–water partition coefficient (Wildman–Crippen LogP) is 3.12. The molecule has 26 heavy (non-hydrogen) atoms. The van der Waals surface area contributed by atoms with Crippen LogP contribution >= 0.6 is 0 Å². The van der Waals surface area contributed by atoms with E-state index in [0.29, 0.717) is 5.56 Å². The maximum absolute atomic E-state index is 13.2. The minimum atomic E-state index is -0.527. The molecule has 0 saturated carbocycles. The number of aromatic nitrogens is 3. The third kappa shape index (κ3) is 4.29. The Morgan fingerprint density at radius 1 is 1.12 bits per heavy atom. The standard InChI is InChI=1S/C18H16FN5O2/c1-24(2)14-5-3-4-12(6-14)18(25)23-16-10-21-11-17(22-16)26-15-7-13(19)8-20-9-15/h3-11H,1-2H3,(H,22,23,25). The largest absolute Gasteiger partial charge is 0.436 e. The Balaban J connectivity index is 1.74.